The molecule has 2 bridgehead atoms. The number of hydrogen-bond acceptors (Lipinski definition) is 9. The average Bonchev–Trinajstić information content (AvgIpc) is 3.42. The molecule has 11 nitrogen and oxygen atoms in total. The normalized spacial score (nSPS) is 28.7. The van der Waals surface area contributed by atoms with Gasteiger partial charge in [-0.3, -0.25) is 14.4 Å². The molecule has 47 heavy (non-hydrogen) atoms. The Bertz CT molecular complexity index is 1450. The lowest BCUT2D eigenvalue weighted by molar-refractivity contribution is -0.183. The Labute approximate surface area is 278 Å². The number of methoxy groups -OCH3 is 1. The standard InChI is InChI=1S/C36H53N5O6/c1-20-28-16-25(36(28,3)4)17-29(20)39-35(45)32-31(21(2)43)30(19-42)47-41(32)18-22-9-8-10-27(33(22)46-7)23-13-24(34(44)38-12-11-37)15-26(14-23)40(5)6/h8-10,13-15,20-21,25,28-32,42-43H,11-12,16-19,37H2,1-7H3,(H,38,44)(H,39,45)/t20-,21-,25+,28-,29-,30-,31+,32?/m0/s1. The van der Waals surface area contributed by atoms with Crippen molar-refractivity contribution in [2.45, 2.75) is 71.4 Å². The summed E-state index contributed by atoms with van der Waals surface area (Å²) < 4.78 is 5.99. The number of amides is 2. The number of benzene rings is 2. The molecule has 6 rings (SSSR count). The number of nitrogens with two attached hydrogens (primary N) is 1. The predicted octanol–water partition coefficient (Wildman–Crippen LogP) is 2.78. The van der Waals surface area contributed by atoms with Crippen molar-refractivity contribution in [1.29, 1.82) is 0 Å². The van der Waals surface area contributed by atoms with Gasteiger partial charge in [-0.2, -0.15) is 5.06 Å². The minimum absolute atomic E-state index is 0.0436. The number of fused-ring (bicyclic) bond motifs is 2. The van der Waals surface area contributed by atoms with Crippen molar-refractivity contribution in [3.8, 4) is 16.9 Å². The Morgan fingerprint density at radius 3 is 2.55 bits per heavy atom. The topological polar surface area (TPSA) is 150 Å². The Hall–Kier alpha value is -3.22. The molecule has 3 saturated carbocycles. The zero-order valence-electron chi connectivity index (χ0n) is 28.8. The van der Waals surface area contributed by atoms with Gasteiger partial charge in [0.05, 0.1) is 26.4 Å². The van der Waals surface area contributed by atoms with Gasteiger partial charge in [0.1, 0.15) is 17.9 Å². The van der Waals surface area contributed by atoms with Gasteiger partial charge in [0.15, 0.2) is 0 Å². The number of para-hydroxylation sites is 1. The van der Waals surface area contributed by atoms with Gasteiger partial charge in [-0.15, -0.1) is 0 Å². The van der Waals surface area contributed by atoms with E-state index in [-0.39, 0.29) is 36.4 Å². The summed E-state index contributed by atoms with van der Waals surface area (Å²) in [6, 6.07) is 10.6. The first kappa shape index (κ1) is 35.1. The van der Waals surface area contributed by atoms with Crippen molar-refractivity contribution in [1.82, 2.24) is 15.7 Å². The molecule has 1 unspecified atom stereocenters. The molecule has 0 aromatic heterocycles. The predicted molar refractivity (Wildman–Crippen MR) is 182 cm³/mol. The van der Waals surface area contributed by atoms with Crippen LogP contribution in [0.15, 0.2) is 36.4 Å². The van der Waals surface area contributed by atoms with Gasteiger partial charge in [-0.25, -0.2) is 0 Å². The van der Waals surface area contributed by atoms with E-state index in [0.717, 1.165) is 28.8 Å². The SMILES string of the molecule is COc1c(CN2O[C@@H](CO)[C@@H]([C@H](C)O)C2C(=O)N[C@H]2C[C@H]3C[C@@H]([C@@H]2C)C3(C)C)cccc1-c1cc(C(=O)NCCN)cc(N(C)C)c1. The molecule has 2 aromatic rings. The van der Waals surface area contributed by atoms with E-state index >= 15 is 0 Å². The maximum absolute atomic E-state index is 14.1. The van der Waals surface area contributed by atoms with E-state index < -0.39 is 24.2 Å². The summed E-state index contributed by atoms with van der Waals surface area (Å²) in [7, 11) is 5.42. The van der Waals surface area contributed by atoms with Gasteiger partial charge in [0, 0.05) is 61.5 Å². The second-order valence-corrected chi connectivity index (χ2v) is 14.4. The van der Waals surface area contributed by atoms with Crippen LogP contribution in [0.4, 0.5) is 5.69 Å². The minimum atomic E-state index is -0.894. The molecule has 11 heteroatoms. The molecule has 1 heterocycles. The molecule has 4 fully saturated rings. The Morgan fingerprint density at radius 2 is 1.96 bits per heavy atom. The molecular formula is C36H53N5O6. The number of carbonyl (C=O) groups excluding carboxylic acids is 2. The second-order valence-electron chi connectivity index (χ2n) is 14.4. The van der Waals surface area contributed by atoms with Crippen LogP contribution in [0.2, 0.25) is 0 Å². The number of carbonyl (C=O) groups is 2. The van der Waals surface area contributed by atoms with Gasteiger partial charge in [-0.05, 0) is 66.7 Å². The van der Waals surface area contributed by atoms with E-state index in [1.165, 1.54) is 6.42 Å². The lowest BCUT2D eigenvalue weighted by Crippen LogP contribution is -2.62. The van der Waals surface area contributed by atoms with Gasteiger partial charge in [0.25, 0.3) is 5.91 Å². The summed E-state index contributed by atoms with van der Waals surface area (Å²) in [4.78, 5) is 35.2. The van der Waals surface area contributed by atoms with Crippen LogP contribution in [0.5, 0.6) is 5.75 Å². The molecule has 258 valence electrons. The van der Waals surface area contributed by atoms with E-state index in [0.29, 0.717) is 42.2 Å². The fourth-order valence-electron chi connectivity index (χ4n) is 8.27. The van der Waals surface area contributed by atoms with E-state index in [2.05, 4.69) is 31.4 Å². The van der Waals surface area contributed by atoms with E-state index in [4.69, 9.17) is 15.3 Å². The molecular weight excluding hydrogens is 598 g/mol. The summed E-state index contributed by atoms with van der Waals surface area (Å²) in [5.74, 6) is 0.991. The van der Waals surface area contributed by atoms with Crippen LogP contribution in [0.3, 0.4) is 0 Å². The lowest BCUT2D eigenvalue weighted by Gasteiger charge is -2.62. The first-order valence-corrected chi connectivity index (χ1v) is 16.8. The van der Waals surface area contributed by atoms with Crippen molar-refractivity contribution in [3.05, 3.63) is 47.5 Å². The van der Waals surface area contributed by atoms with Crippen molar-refractivity contribution in [3.63, 3.8) is 0 Å². The number of nitrogens with zero attached hydrogens (tertiary/aromatic N) is 2. The number of nitrogens with one attached hydrogen (secondary N) is 2. The molecule has 3 aliphatic carbocycles. The molecule has 1 saturated heterocycles. The van der Waals surface area contributed by atoms with Crippen molar-refractivity contribution >= 4 is 17.5 Å². The number of rotatable bonds is 12. The van der Waals surface area contributed by atoms with Crippen LogP contribution >= 0.6 is 0 Å². The smallest absolute Gasteiger partial charge is 0.251 e. The molecule has 2 aromatic carbocycles. The van der Waals surface area contributed by atoms with E-state index in [1.807, 2.05) is 55.4 Å². The molecule has 1 aliphatic heterocycles. The van der Waals surface area contributed by atoms with Crippen molar-refractivity contribution in [2.24, 2.45) is 34.8 Å². The number of hydrogen-bond donors (Lipinski definition) is 5. The Balaban J connectivity index is 1.46. The van der Waals surface area contributed by atoms with Crippen LogP contribution in [-0.4, -0.2) is 92.3 Å². The van der Waals surface area contributed by atoms with Gasteiger partial charge in [-0.1, -0.05) is 39.0 Å². The highest BCUT2D eigenvalue weighted by Crippen LogP contribution is 2.61. The van der Waals surface area contributed by atoms with Crippen LogP contribution in [0, 0.1) is 29.1 Å². The fourth-order valence-corrected chi connectivity index (χ4v) is 8.27. The second kappa shape index (κ2) is 14.1. The first-order valence-electron chi connectivity index (χ1n) is 16.8. The molecule has 0 radical (unpaired) electrons. The zero-order chi connectivity index (χ0) is 34.2. The summed E-state index contributed by atoms with van der Waals surface area (Å²) in [5, 5.41) is 28.9. The maximum Gasteiger partial charge on any atom is 0.251 e. The highest BCUT2D eigenvalue weighted by molar-refractivity contribution is 5.97. The Morgan fingerprint density at radius 1 is 1.21 bits per heavy atom. The number of ether oxygens (including phenoxy) is 1. The van der Waals surface area contributed by atoms with E-state index in [1.54, 1.807) is 19.1 Å². The van der Waals surface area contributed by atoms with E-state index in [9.17, 15) is 19.8 Å². The van der Waals surface area contributed by atoms with Crippen LogP contribution in [-0.2, 0) is 16.2 Å². The maximum atomic E-state index is 14.1. The minimum Gasteiger partial charge on any atom is -0.496 e. The lowest BCUT2D eigenvalue weighted by atomic mass is 9.45. The number of aliphatic hydroxyl groups excluding tert-OH is 2. The third-order valence-electron chi connectivity index (χ3n) is 11.1. The molecule has 6 N–H and O–H groups in total. The zero-order valence-corrected chi connectivity index (χ0v) is 28.8. The molecule has 4 aliphatic rings. The van der Waals surface area contributed by atoms with Gasteiger partial charge < -0.3 is 36.2 Å². The highest BCUT2D eigenvalue weighted by atomic mass is 16.7. The van der Waals surface area contributed by atoms with Crippen molar-refractivity contribution < 1.29 is 29.4 Å². The third kappa shape index (κ3) is 6.73. The fraction of sp³-hybridized carbons (Fsp3) is 0.611. The van der Waals surface area contributed by atoms with Crippen LogP contribution in [0.25, 0.3) is 11.1 Å². The third-order valence-corrected chi connectivity index (χ3v) is 11.1. The summed E-state index contributed by atoms with van der Waals surface area (Å²) in [6.07, 6.45) is 0.494. The highest BCUT2D eigenvalue weighted by Gasteiger charge is 2.57. The summed E-state index contributed by atoms with van der Waals surface area (Å²) in [5.41, 5.74) is 9.54. The van der Waals surface area contributed by atoms with Crippen LogP contribution < -0.4 is 26.0 Å². The Kier molecular flexibility index (Phi) is 10.5. The number of hydroxylamine groups is 2. The number of anilines is 1. The average molecular weight is 652 g/mol. The van der Waals surface area contributed by atoms with Crippen LogP contribution in [0.1, 0.15) is 56.5 Å². The molecule has 0 spiro atoms. The quantitative estimate of drug-likeness (QED) is 0.234. The molecule has 8 atom stereocenters. The summed E-state index contributed by atoms with van der Waals surface area (Å²) in [6.45, 7) is 9.07. The van der Waals surface area contributed by atoms with Gasteiger partial charge >= 0.3 is 0 Å². The monoisotopic (exact) mass is 651 g/mol. The molecule has 2 amide bonds. The van der Waals surface area contributed by atoms with Crippen molar-refractivity contribution in [2.75, 3.05) is 45.8 Å². The summed E-state index contributed by atoms with van der Waals surface area (Å²) >= 11 is 0. The largest absolute Gasteiger partial charge is 0.496 e. The van der Waals surface area contributed by atoms with Gasteiger partial charge in [0.2, 0.25) is 5.91 Å². The number of aliphatic hydroxyl groups is 2. The first-order chi connectivity index (χ1) is 22.3.